The average Bonchev–Trinajstić information content (AvgIpc) is 2.89. The molecular formula is C27H32ClN3O3. The summed E-state index contributed by atoms with van der Waals surface area (Å²) in [4.78, 5) is 42.8. The van der Waals surface area contributed by atoms with Crippen molar-refractivity contribution >= 4 is 29.3 Å². The van der Waals surface area contributed by atoms with Crippen LogP contribution in [0.3, 0.4) is 0 Å². The number of piperidine rings is 2. The van der Waals surface area contributed by atoms with Gasteiger partial charge in [-0.15, -0.1) is 0 Å². The first-order valence-corrected chi connectivity index (χ1v) is 12.6. The van der Waals surface area contributed by atoms with Gasteiger partial charge in [0.25, 0.3) is 5.91 Å². The van der Waals surface area contributed by atoms with Crippen molar-refractivity contribution in [3.63, 3.8) is 0 Å². The van der Waals surface area contributed by atoms with E-state index in [2.05, 4.69) is 5.32 Å². The molecule has 1 unspecified atom stereocenters. The van der Waals surface area contributed by atoms with Crippen molar-refractivity contribution in [2.45, 2.75) is 44.6 Å². The van der Waals surface area contributed by atoms with Gasteiger partial charge in [0.1, 0.15) is 0 Å². The highest BCUT2D eigenvalue weighted by Crippen LogP contribution is 2.25. The SMILES string of the molecule is O=C(NC(CC(=O)N1CCC(C(=O)N2CCCCC2)CC1)c1ccccc1)c1ccccc1Cl. The summed E-state index contributed by atoms with van der Waals surface area (Å²) in [5.41, 5.74) is 1.25. The fourth-order valence-corrected chi connectivity index (χ4v) is 5.09. The molecule has 2 aromatic carbocycles. The lowest BCUT2D eigenvalue weighted by molar-refractivity contribution is -0.141. The van der Waals surface area contributed by atoms with Crippen molar-refractivity contribution in [2.75, 3.05) is 26.2 Å². The summed E-state index contributed by atoms with van der Waals surface area (Å²) in [6.45, 7) is 2.87. The minimum atomic E-state index is -0.467. The maximum absolute atomic E-state index is 13.2. The Balaban J connectivity index is 1.38. The Labute approximate surface area is 206 Å². The summed E-state index contributed by atoms with van der Waals surface area (Å²) in [5, 5.41) is 3.37. The van der Waals surface area contributed by atoms with E-state index in [4.69, 9.17) is 11.6 Å². The number of rotatable bonds is 6. The molecule has 2 fully saturated rings. The molecular weight excluding hydrogens is 450 g/mol. The molecule has 0 aromatic heterocycles. The molecule has 4 rings (SSSR count). The smallest absolute Gasteiger partial charge is 0.253 e. The molecule has 0 bridgehead atoms. The number of nitrogens with one attached hydrogen (secondary N) is 1. The van der Waals surface area contributed by atoms with Crippen LogP contribution < -0.4 is 5.32 Å². The Morgan fingerprint density at radius 2 is 1.50 bits per heavy atom. The van der Waals surface area contributed by atoms with Crippen LogP contribution in [0.5, 0.6) is 0 Å². The first kappa shape index (κ1) is 24.3. The molecule has 7 heteroatoms. The second-order valence-electron chi connectivity index (χ2n) is 9.16. The van der Waals surface area contributed by atoms with E-state index in [-0.39, 0.29) is 30.1 Å². The molecule has 0 radical (unpaired) electrons. The molecule has 0 saturated carbocycles. The molecule has 2 aliphatic heterocycles. The third-order valence-electron chi connectivity index (χ3n) is 6.87. The molecule has 1 N–H and O–H groups in total. The molecule has 2 aromatic rings. The Hall–Kier alpha value is -2.86. The van der Waals surface area contributed by atoms with Crippen molar-refractivity contribution in [1.82, 2.24) is 15.1 Å². The molecule has 0 aliphatic carbocycles. The Kier molecular flexibility index (Phi) is 8.22. The second-order valence-corrected chi connectivity index (χ2v) is 9.57. The number of carbonyl (C=O) groups is 3. The predicted octanol–water partition coefficient (Wildman–Crippen LogP) is 4.45. The maximum Gasteiger partial charge on any atom is 0.253 e. The van der Waals surface area contributed by atoms with Crippen LogP contribution in [0.4, 0.5) is 0 Å². The summed E-state index contributed by atoms with van der Waals surface area (Å²) in [7, 11) is 0. The molecule has 6 nitrogen and oxygen atoms in total. The zero-order valence-corrected chi connectivity index (χ0v) is 20.2. The van der Waals surface area contributed by atoms with Crippen molar-refractivity contribution in [2.24, 2.45) is 5.92 Å². The normalized spacial score (nSPS) is 17.8. The Morgan fingerprint density at radius 3 is 2.18 bits per heavy atom. The number of hydrogen-bond donors (Lipinski definition) is 1. The molecule has 34 heavy (non-hydrogen) atoms. The lowest BCUT2D eigenvalue weighted by Crippen LogP contribution is -2.46. The number of amides is 3. The molecule has 180 valence electrons. The lowest BCUT2D eigenvalue weighted by Gasteiger charge is -2.36. The van der Waals surface area contributed by atoms with Gasteiger partial charge >= 0.3 is 0 Å². The molecule has 0 spiro atoms. The van der Waals surface area contributed by atoms with E-state index in [1.165, 1.54) is 6.42 Å². The van der Waals surface area contributed by atoms with Crippen LogP contribution in [0.25, 0.3) is 0 Å². The maximum atomic E-state index is 13.2. The largest absolute Gasteiger partial charge is 0.345 e. The summed E-state index contributed by atoms with van der Waals surface area (Å²) in [6, 6.07) is 15.9. The van der Waals surface area contributed by atoms with Crippen LogP contribution in [0.2, 0.25) is 5.02 Å². The van der Waals surface area contributed by atoms with Crippen LogP contribution >= 0.6 is 11.6 Å². The number of likely N-dealkylation sites (tertiary alicyclic amines) is 2. The second kappa shape index (κ2) is 11.5. The van der Waals surface area contributed by atoms with Crippen LogP contribution in [0.1, 0.15) is 60.5 Å². The number of nitrogens with zero attached hydrogens (tertiary/aromatic N) is 2. The first-order valence-electron chi connectivity index (χ1n) is 12.2. The van der Waals surface area contributed by atoms with Crippen molar-refractivity contribution in [3.05, 3.63) is 70.7 Å². The number of carbonyl (C=O) groups excluding carboxylic acids is 3. The molecule has 1 atom stereocenters. The Morgan fingerprint density at radius 1 is 0.853 bits per heavy atom. The quantitative estimate of drug-likeness (QED) is 0.662. The van der Waals surface area contributed by atoms with Crippen molar-refractivity contribution in [3.8, 4) is 0 Å². The minimum Gasteiger partial charge on any atom is -0.345 e. The average molecular weight is 482 g/mol. The topological polar surface area (TPSA) is 69.7 Å². The van der Waals surface area contributed by atoms with E-state index in [1.807, 2.05) is 40.1 Å². The summed E-state index contributed by atoms with van der Waals surface area (Å²) in [5.74, 6) is -0.0665. The highest BCUT2D eigenvalue weighted by atomic mass is 35.5. The third-order valence-corrected chi connectivity index (χ3v) is 7.20. The lowest BCUT2D eigenvalue weighted by atomic mass is 9.93. The van der Waals surface area contributed by atoms with Gasteiger partial charge in [-0.25, -0.2) is 0 Å². The number of halogens is 1. The van der Waals surface area contributed by atoms with Crippen LogP contribution in [-0.2, 0) is 9.59 Å². The molecule has 2 saturated heterocycles. The Bertz CT molecular complexity index is 999. The molecule has 2 aliphatic rings. The van der Waals surface area contributed by atoms with Crippen LogP contribution in [0, 0.1) is 5.92 Å². The van der Waals surface area contributed by atoms with Gasteiger partial charge in [0, 0.05) is 32.1 Å². The van der Waals surface area contributed by atoms with Gasteiger partial charge < -0.3 is 15.1 Å². The van der Waals surface area contributed by atoms with E-state index in [0.29, 0.717) is 36.5 Å². The van der Waals surface area contributed by atoms with Crippen LogP contribution in [0.15, 0.2) is 54.6 Å². The zero-order valence-electron chi connectivity index (χ0n) is 19.4. The van der Waals surface area contributed by atoms with Gasteiger partial charge in [-0.2, -0.15) is 0 Å². The molecule has 3 amide bonds. The summed E-state index contributed by atoms with van der Waals surface area (Å²) >= 11 is 6.20. The van der Waals surface area contributed by atoms with E-state index in [1.54, 1.807) is 24.3 Å². The van der Waals surface area contributed by atoms with Crippen molar-refractivity contribution in [1.29, 1.82) is 0 Å². The van der Waals surface area contributed by atoms with E-state index in [0.717, 1.165) is 31.5 Å². The number of benzene rings is 2. The van der Waals surface area contributed by atoms with Gasteiger partial charge in [-0.05, 0) is 49.8 Å². The summed E-state index contributed by atoms with van der Waals surface area (Å²) < 4.78 is 0. The van der Waals surface area contributed by atoms with Gasteiger partial charge in [0.05, 0.1) is 23.0 Å². The fraction of sp³-hybridized carbons (Fsp3) is 0.444. The van der Waals surface area contributed by atoms with Gasteiger partial charge in [0.15, 0.2) is 0 Å². The fourth-order valence-electron chi connectivity index (χ4n) is 4.87. The highest BCUT2D eigenvalue weighted by molar-refractivity contribution is 6.33. The predicted molar refractivity (Wildman–Crippen MR) is 132 cm³/mol. The minimum absolute atomic E-state index is 0.00648. The van der Waals surface area contributed by atoms with Gasteiger partial charge in [-0.3, -0.25) is 14.4 Å². The molecule has 2 heterocycles. The first-order chi connectivity index (χ1) is 16.5. The van der Waals surface area contributed by atoms with Gasteiger partial charge in [-0.1, -0.05) is 54.1 Å². The standard InChI is InChI=1S/C27H32ClN3O3/c28-23-12-6-5-11-22(23)26(33)29-24(20-9-3-1-4-10-20)19-25(32)30-17-13-21(14-18-30)27(34)31-15-7-2-8-16-31/h1,3-6,9-12,21,24H,2,7-8,13-19H2,(H,29,33). The van der Waals surface area contributed by atoms with Crippen LogP contribution in [-0.4, -0.2) is 53.7 Å². The van der Waals surface area contributed by atoms with E-state index in [9.17, 15) is 14.4 Å². The highest BCUT2D eigenvalue weighted by Gasteiger charge is 2.31. The number of hydrogen-bond acceptors (Lipinski definition) is 3. The zero-order chi connectivity index (χ0) is 23.9. The third kappa shape index (κ3) is 5.98. The van der Waals surface area contributed by atoms with E-state index < -0.39 is 6.04 Å². The van der Waals surface area contributed by atoms with Gasteiger partial charge in [0.2, 0.25) is 11.8 Å². The monoisotopic (exact) mass is 481 g/mol. The van der Waals surface area contributed by atoms with E-state index >= 15 is 0 Å². The van der Waals surface area contributed by atoms with Crippen molar-refractivity contribution < 1.29 is 14.4 Å². The summed E-state index contributed by atoms with van der Waals surface area (Å²) in [6.07, 6.45) is 4.93.